The van der Waals surface area contributed by atoms with Gasteiger partial charge < -0.3 is 25.0 Å². The molecule has 0 amide bonds. The van der Waals surface area contributed by atoms with Gasteiger partial charge in [-0.05, 0) is 25.8 Å². The molecule has 1 heterocycles. The molecule has 0 aliphatic carbocycles. The molecule has 9 heteroatoms. The molecule has 0 radical (unpaired) electrons. The van der Waals surface area contributed by atoms with Gasteiger partial charge in [0.25, 0.3) is 0 Å². The number of hydrogen-bond donors (Lipinski definition) is 0. The lowest BCUT2D eigenvalue weighted by Crippen LogP contribution is -2.01. The van der Waals surface area contributed by atoms with Crippen LogP contribution in [-0.4, -0.2) is 21.9 Å². The molecule has 0 unspecified atom stereocenters. The second kappa shape index (κ2) is 4.17. The molecule has 8 nitrogen and oxygen atoms in total. The third-order valence-electron chi connectivity index (χ3n) is 1.47. The van der Waals surface area contributed by atoms with E-state index in [9.17, 15) is 20.2 Å². The van der Waals surface area contributed by atoms with E-state index in [-0.39, 0.29) is 10.2 Å². The van der Waals surface area contributed by atoms with E-state index in [4.69, 9.17) is 0 Å². The van der Waals surface area contributed by atoms with E-state index in [0.717, 1.165) is 6.07 Å². The predicted molar refractivity (Wildman–Crippen MR) is 51.8 cm³/mol. The molecule has 0 saturated carbocycles. The Labute approximate surface area is 91.3 Å². The highest BCUT2D eigenvalue weighted by Gasteiger charge is 2.25. The maximum absolute atomic E-state index is 10.5. The molecule has 0 spiro atoms. The van der Waals surface area contributed by atoms with Crippen LogP contribution in [0.3, 0.4) is 0 Å². The summed E-state index contributed by atoms with van der Waals surface area (Å²) in [5.74, 6) is -1.45. The van der Waals surface area contributed by atoms with Crippen LogP contribution in [0.15, 0.2) is 10.5 Å². The van der Waals surface area contributed by atoms with Crippen LogP contribution < -0.4 is 4.74 Å². The van der Waals surface area contributed by atoms with E-state index in [1.54, 1.807) is 0 Å². The van der Waals surface area contributed by atoms with Crippen molar-refractivity contribution < 1.29 is 14.6 Å². The molecule has 0 aromatic carbocycles. The molecule has 15 heavy (non-hydrogen) atoms. The molecule has 0 aliphatic heterocycles. The van der Waals surface area contributed by atoms with Gasteiger partial charge in [-0.1, -0.05) is 0 Å². The second-order valence-electron chi connectivity index (χ2n) is 2.33. The third-order valence-corrected chi connectivity index (χ3v) is 2.05. The summed E-state index contributed by atoms with van der Waals surface area (Å²) in [5.41, 5.74) is 0. The summed E-state index contributed by atoms with van der Waals surface area (Å²) in [6, 6.07) is 1.13. The molecule has 80 valence electrons. The van der Waals surface area contributed by atoms with Crippen molar-refractivity contribution in [1.29, 1.82) is 0 Å². The Bertz CT molecular complexity index is 435. The zero-order valence-corrected chi connectivity index (χ0v) is 8.92. The second-order valence-corrected chi connectivity index (χ2v) is 3.19. The van der Waals surface area contributed by atoms with Crippen molar-refractivity contribution in [2.75, 3.05) is 7.11 Å². The van der Waals surface area contributed by atoms with Crippen LogP contribution >= 0.6 is 15.9 Å². The zero-order chi connectivity index (χ0) is 11.6. The van der Waals surface area contributed by atoms with E-state index >= 15 is 0 Å². The first-order valence-corrected chi connectivity index (χ1v) is 4.30. The van der Waals surface area contributed by atoms with E-state index in [1.807, 2.05) is 0 Å². The van der Waals surface area contributed by atoms with Crippen molar-refractivity contribution in [2.45, 2.75) is 0 Å². The molecule has 0 bridgehead atoms. The monoisotopic (exact) mass is 277 g/mol. The minimum Gasteiger partial charge on any atom is -0.489 e. The van der Waals surface area contributed by atoms with Gasteiger partial charge in [-0.2, -0.15) is 0 Å². The van der Waals surface area contributed by atoms with Crippen LogP contribution in [0.25, 0.3) is 0 Å². The number of pyridine rings is 1. The summed E-state index contributed by atoms with van der Waals surface area (Å²) in [4.78, 5) is 22.5. The highest BCUT2D eigenvalue weighted by Crippen LogP contribution is 2.33. The van der Waals surface area contributed by atoms with Crippen molar-refractivity contribution >= 4 is 27.6 Å². The molecular formula is C6H4BrN3O5. The van der Waals surface area contributed by atoms with Crippen LogP contribution in [0, 0.1) is 20.2 Å². The summed E-state index contributed by atoms with van der Waals surface area (Å²) in [6.45, 7) is 0. The average Bonchev–Trinajstić information content (AvgIpc) is 2.16. The van der Waals surface area contributed by atoms with Crippen LogP contribution in [0.2, 0.25) is 0 Å². The van der Waals surface area contributed by atoms with Crippen molar-refractivity contribution in [3.63, 3.8) is 0 Å². The van der Waals surface area contributed by atoms with E-state index in [1.165, 1.54) is 7.11 Å². The van der Waals surface area contributed by atoms with E-state index in [2.05, 4.69) is 25.7 Å². The number of hydrogen-bond acceptors (Lipinski definition) is 6. The van der Waals surface area contributed by atoms with Crippen LogP contribution in [0.1, 0.15) is 0 Å². The first kappa shape index (κ1) is 11.3. The van der Waals surface area contributed by atoms with E-state index < -0.39 is 21.5 Å². The van der Waals surface area contributed by atoms with Crippen LogP contribution in [0.5, 0.6) is 5.75 Å². The third kappa shape index (κ3) is 2.18. The molecule has 1 rings (SSSR count). The molecule has 1 aromatic rings. The van der Waals surface area contributed by atoms with Crippen LogP contribution in [-0.2, 0) is 0 Å². The molecule has 0 fully saturated rings. The average molecular weight is 278 g/mol. The van der Waals surface area contributed by atoms with Gasteiger partial charge in [0.2, 0.25) is 5.75 Å². The lowest BCUT2D eigenvalue weighted by atomic mass is 10.4. The van der Waals surface area contributed by atoms with Gasteiger partial charge in [-0.3, -0.25) is 0 Å². The number of ether oxygens (including phenoxy) is 1. The zero-order valence-electron chi connectivity index (χ0n) is 7.34. The fourth-order valence-corrected chi connectivity index (χ4v) is 1.30. The standard InChI is InChI=1S/C6H4BrN3O5/c1-15-4-2-3(7)5(9(11)12)8-6(4)10(13)14/h2H,1H3. The smallest absolute Gasteiger partial charge is 0.410 e. The largest absolute Gasteiger partial charge is 0.489 e. The van der Waals surface area contributed by atoms with Crippen molar-refractivity contribution in [3.05, 3.63) is 30.8 Å². The Morgan fingerprint density at radius 3 is 2.27 bits per heavy atom. The Hall–Kier alpha value is -1.77. The molecule has 0 aliphatic rings. The molecule has 1 aromatic heterocycles. The SMILES string of the molecule is COc1cc(Br)c([N+](=O)[O-])nc1[N+](=O)[O-]. The van der Waals surface area contributed by atoms with Crippen molar-refractivity contribution in [2.24, 2.45) is 0 Å². The lowest BCUT2D eigenvalue weighted by molar-refractivity contribution is -0.404. The summed E-state index contributed by atoms with van der Waals surface area (Å²) in [7, 11) is 1.21. The molecule has 0 saturated heterocycles. The number of rotatable bonds is 3. The van der Waals surface area contributed by atoms with Gasteiger partial charge in [0.15, 0.2) is 0 Å². The molecule has 0 N–H and O–H groups in total. The van der Waals surface area contributed by atoms with E-state index in [0.29, 0.717) is 0 Å². The predicted octanol–water partition coefficient (Wildman–Crippen LogP) is 1.67. The van der Waals surface area contributed by atoms with Gasteiger partial charge in [-0.15, -0.1) is 0 Å². The van der Waals surface area contributed by atoms with Gasteiger partial charge in [0.1, 0.15) is 4.47 Å². The van der Waals surface area contributed by atoms with Crippen LogP contribution in [0.4, 0.5) is 11.6 Å². The number of nitrogens with zero attached hydrogens (tertiary/aromatic N) is 3. The van der Waals surface area contributed by atoms with Crippen molar-refractivity contribution in [1.82, 2.24) is 4.98 Å². The maximum atomic E-state index is 10.5. The Kier molecular flexibility index (Phi) is 3.14. The minimum absolute atomic E-state index is 0.0231. The Morgan fingerprint density at radius 1 is 1.33 bits per heavy atom. The number of halogens is 1. The Morgan fingerprint density at radius 2 is 1.87 bits per heavy atom. The summed E-state index contributed by atoms with van der Waals surface area (Å²) < 4.78 is 4.69. The maximum Gasteiger partial charge on any atom is 0.410 e. The first-order chi connectivity index (χ1) is 6.97. The first-order valence-electron chi connectivity index (χ1n) is 3.50. The topological polar surface area (TPSA) is 108 Å². The summed E-state index contributed by atoms with van der Waals surface area (Å²) >= 11 is 2.87. The van der Waals surface area contributed by atoms with Gasteiger partial charge in [-0.25, -0.2) is 0 Å². The summed E-state index contributed by atoms with van der Waals surface area (Å²) in [5, 5.41) is 20.9. The normalized spacial score (nSPS) is 9.73. The lowest BCUT2D eigenvalue weighted by Gasteiger charge is -2.02. The molecule has 0 atom stereocenters. The fourth-order valence-electron chi connectivity index (χ4n) is 0.862. The Balaban J connectivity index is 3.43. The quantitative estimate of drug-likeness (QED) is 0.614. The van der Waals surface area contributed by atoms with Gasteiger partial charge in [0, 0.05) is 11.1 Å². The summed E-state index contributed by atoms with van der Waals surface area (Å²) in [6.07, 6.45) is 0. The fraction of sp³-hybridized carbons (Fsp3) is 0.167. The van der Waals surface area contributed by atoms with Crippen molar-refractivity contribution in [3.8, 4) is 5.75 Å². The van der Waals surface area contributed by atoms with Gasteiger partial charge in [0.05, 0.1) is 7.11 Å². The molecular weight excluding hydrogens is 274 g/mol. The number of methoxy groups -OCH3 is 1. The highest BCUT2D eigenvalue weighted by molar-refractivity contribution is 9.10. The number of aromatic nitrogens is 1. The van der Waals surface area contributed by atoms with Gasteiger partial charge >= 0.3 is 11.6 Å². The number of nitro groups is 2. The highest BCUT2D eigenvalue weighted by atomic mass is 79.9. The minimum atomic E-state index is -0.849.